The standard InChI is InChI=1S/C59H108O6/c1-4-7-10-13-16-19-21-23-25-27-29-31-33-35-37-40-43-46-49-52-58(61)64-55-56(54-63-57(60)51-48-45-42-39-18-15-12-9-6-3)65-59(62)53-50-47-44-41-38-36-34-32-30-28-26-24-22-20-17-14-11-8-5-2/h16,19,23,25,29,31,56H,4-15,17-18,20-22,24,26-28,30,32-55H2,1-3H3/b19-16-,25-23-,31-29-. The molecule has 0 aromatic heterocycles. The van der Waals surface area contributed by atoms with Gasteiger partial charge in [-0.05, 0) is 57.8 Å². The third kappa shape index (κ3) is 52.5. The third-order valence-electron chi connectivity index (χ3n) is 12.6. The van der Waals surface area contributed by atoms with Gasteiger partial charge in [-0.2, -0.15) is 0 Å². The van der Waals surface area contributed by atoms with Crippen LogP contribution in [-0.2, 0) is 28.6 Å². The van der Waals surface area contributed by atoms with Gasteiger partial charge in [-0.3, -0.25) is 14.4 Å². The Morgan fingerprint density at radius 3 is 0.892 bits per heavy atom. The first-order chi connectivity index (χ1) is 32.0. The van der Waals surface area contributed by atoms with E-state index < -0.39 is 6.10 Å². The normalized spacial score (nSPS) is 12.2. The number of carbonyl (C=O) groups is 3. The summed E-state index contributed by atoms with van der Waals surface area (Å²) in [5, 5.41) is 0. The van der Waals surface area contributed by atoms with Crippen LogP contribution < -0.4 is 0 Å². The molecule has 1 atom stereocenters. The lowest BCUT2D eigenvalue weighted by molar-refractivity contribution is -0.167. The van der Waals surface area contributed by atoms with Crippen LogP contribution in [0.2, 0.25) is 0 Å². The second-order valence-corrected chi connectivity index (χ2v) is 19.2. The highest BCUT2D eigenvalue weighted by atomic mass is 16.6. The summed E-state index contributed by atoms with van der Waals surface area (Å²) in [4.78, 5) is 38.0. The quantitative estimate of drug-likeness (QED) is 0.0262. The van der Waals surface area contributed by atoms with Crippen molar-refractivity contribution in [1.82, 2.24) is 0 Å². The van der Waals surface area contributed by atoms with Crippen LogP contribution in [-0.4, -0.2) is 37.2 Å². The number of esters is 3. The van der Waals surface area contributed by atoms with Gasteiger partial charge >= 0.3 is 17.9 Å². The van der Waals surface area contributed by atoms with Gasteiger partial charge in [0.2, 0.25) is 0 Å². The van der Waals surface area contributed by atoms with Gasteiger partial charge in [-0.1, -0.05) is 263 Å². The Kier molecular flexibility index (Phi) is 52.3. The highest BCUT2D eigenvalue weighted by molar-refractivity contribution is 5.71. The molecule has 65 heavy (non-hydrogen) atoms. The average Bonchev–Trinajstić information content (AvgIpc) is 3.30. The Hall–Kier alpha value is -2.37. The molecule has 0 saturated heterocycles. The summed E-state index contributed by atoms with van der Waals surface area (Å²) in [5.74, 6) is -0.871. The van der Waals surface area contributed by atoms with E-state index in [4.69, 9.17) is 14.2 Å². The SMILES string of the molecule is CCCCC/C=C\C/C=C\C/C=C\CCCCCCCCC(=O)OCC(COC(=O)CCCCCCCCCCC)OC(=O)CCCCCCCCCCCCCCCCCCCCC. The van der Waals surface area contributed by atoms with E-state index in [1.165, 1.54) is 186 Å². The Bertz CT molecular complexity index is 1090. The molecule has 0 radical (unpaired) electrons. The molecule has 6 nitrogen and oxygen atoms in total. The largest absolute Gasteiger partial charge is 0.462 e. The van der Waals surface area contributed by atoms with Gasteiger partial charge in [0.15, 0.2) is 6.10 Å². The number of hydrogen-bond donors (Lipinski definition) is 0. The number of hydrogen-bond acceptors (Lipinski definition) is 6. The second kappa shape index (κ2) is 54.2. The number of allylic oxidation sites excluding steroid dienone is 6. The molecule has 0 rings (SSSR count). The van der Waals surface area contributed by atoms with Crippen molar-refractivity contribution < 1.29 is 28.6 Å². The number of ether oxygens (including phenoxy) is 3. The van der Waals surface area contributed by atoms with Crippen LogP contribution in [0, 0.1) is 0 Å². The minimum Gasteiger partial charge on any atom is -0.462 e. The lowest BCUT2D eigenvalue weighted by atomic mass is 10.0. The van der Waals surface area contributed by atoms with Gasteiger partial charge in [0, 0.05) is 19.3 Å². The van der Waals surface area contributed by atoms with E-state index in [1.807, 2.05) is 0 Å². The fourth-order valence-corrected chi connectivity index (χ4v) is 8.33. The Morgan fingerprint density at radius 1 is 0.308 bits per heavy atom. The van der Waals surface area contributed by atoms with Gasteiger partial charge < -0.3 is 14.2 Å². The van der Waals surface area contributed by atoms with Gasteiger partial charge in [0.25, 0.3) is 0 Å². The molecule has 0 aliphatic rings. The lowest BCUT2D eigenvalue weighted by Gasteiger charge is -2.18. The molecule has 0 spiro atoms. The van der Waals surface area contributed by atoms with Gasteiger partial charge in [-0.15, -0.1) is 0 Å². The summed E-state index contributed by atoms with van der Waals surface area (Å²) >= 11 is 0. The zero-order valence-corrected chi connectivity index (χ0v) is 43.5. The van der Waals surface area contributed by atoms with Crippen molar-refractivity contribution in [1.29, 1.82) is 0 Å². The van der Waals surface area contributed by atoms with Crippen LogP contribution >= 0.6 is 0 Å². The third-order valence-corrected chi connectivity index (χ3v) is 12.6. The molecule has 0 amide bonds. The summed E-state index contributed by atoms with van der Waals surface area (Å²) in [6, 6.07) is 0. The first kappa shape index (κ1) is 62.6. The average molecular weight is 914 g/mol. The van der Waals surface area contributed by atoms with Crippen LogP contribution in [0.1, 0.15) is 303 Å². The first-order valence-corrected chi connectivity index (χ1v) is 28.5. The van der Waals surface area contributed by atoms with E-state index in [-0.39, 0.29) is 31.1 Å². The Labute approximate surface area is 404 Å². The summed E-state index contributed by atoms with van der Waals surface area (Å²) in [7, 11) is 0. The van der Waals surface area contributed by atoms with E-state index in [9.17, 15) is 14.4 Å². The monoisotopic (exact) mass is 913 g/mol. The summed E-state index contributed by atoms with van der Waals surface area (Å²) in [6.07, 6.45) is 64.2. The fraction of sp³-hybridized carbons (Fsp3) is 0.847. The van der Waals surface area contributed by atoms with Crippen molar-refractivity contribution in [2.45, 2.75) is 309 Å². The molecule has 0 aliphatic carbocycles. The van der Waals surface area contributed by atoms with E-state index in [1.54, 1.807) is 0 Å². The van der Waals surface area contributed by atoms with Crippen LogP contribution in [0.3, 0.4) is 0 Å². The molecule has 0 aliphatic heterocycles. The first-order valence-electron chi connectivity index (χ1n) is 28.5. The number of unbranched alkanes of at least 4 members (excludes halogenated alkanes) is 35. The summed E-state index contributed by atoms with van der Waals surface area (Å²) in [6.45, 7) is 6.62. The predicted octanol–water partition coefficient (Wildman–Crippen LogP) is 18.9. The molecule has 0 fully saturated rings. The van der Waals surface area contributed by atoms with Crippen molar-refractivity contribution in [2.24, 2.45) is 0 Å². The molecule has 0 aromatic carbocycles. The van der Waals surface area contributed by atoms with Gasteiger partial charge in [-0.25, -0.2) is 0 Å². The highest BCUT2D eigenvalue weighted by Gasteiger charge is 2.19. The van der Waals surface area contributed by atoms with Crippen LogP contribution in [0.25, 0.3) is 0 Å². The summed E-state index contributed by atoms with van der Waals surface area (Å²) in [5.41, 5.74) is 0. The van der Waals surface area contributed by atoms with E-state index in [2.05, 4.69) is 57.2 Å². The second-order valence-electron chi connectivity index (χ2n) is 19.2. The van der Waals surface area contributed by atoms with E-state index in [0.717, 1.165) is 77.0 Å². The topological polar surface area (TPSA) is 78.9 Å². The fourth-order valence-electron chi connectivity index (χ4n) is 8.33. The van der Waals surface area contributed by atoms with Crippen molar-refractivity contribution in [3.05, 3.63) is 36.5 Å². The van der Waals surface area contributed by atoms with Gasteiger partial charge in [0.1, 0.15) is 13.2 Å². The molecule has 0 heterocycles. The zero-order valence-electron chi connectivity index (χ0n) is 43.5. The molecule has 380 valence electrons. The van der Waals surface area contributed by atoms with Crippen molar-refractivity contribution in [3.8, 4) is 0 Å². The van der Waals surface area contributed by atoms with E-state index in [0.29, 0.717) is 19.3 Å². The van der Waals surface area contributed by atoms with Crippen LogP contribution in [0.4, 0.5) is 0 Å². The van der Waals surface area contributed by atoms with Crippen molar-refractivity contribution >= 4 is 17.9 Å². The minimum absolute atomic E-state index is 0.0722. The molecule has 0 saturated carbocycles. The lowest BCUT2D eigenvalue weighted by Crippen LogP contribution is -2.30. The minimum atomic E-state index is -0.772. The van der Waals surface area contributed by atoms with Crippen LogP contribution in [0.15, 0.2) is 36.5 Å². The summed E-state index contributed by atoms with van der Waals surface area (Å²) < 4.78 is 16.8. The van der Waals surface area contributed by atoms with Crippen molar-refractivity contribution in [3.63, 3.8) is 0 Å². The molecule has 0 bridgehead atoms. The Balaban J connectivity index is 4.27. The van der Waals surface area contributed by atoms with E-state index >= 15 is 0 Å². The Morgan fingerprint density at radius 2 is 0.554 bits per heavy atom. The van der Waals surface area contributed by atoms with Crippen molar-refractivity contribution in [2.75, 3.05) is 13.2 Å². The maximum Gasteiger partial charge on any atom is 0.306 e. The van der Waals surface area contributed by atoms with Gasteiger partial charge in [0.05, 0.1) is 0 Å². The zero-order chi connectivity index (χ0) is 47.2. The maximum atomic E-state index is 12.8. The van der Waals surface area contributed by atoms with Crippen LogP contribution in [0.5, 0.6) is 0 Å². The molecular formula is C59H108O6. The number of carbonyl (C=O) groups excluding carboxylic acids is 3. The molecule has 0 aromatic rings. The smallest absolute Gasteiger partial charge is 0.306 e. The molecular weight excluding hydrogens is 805 g/mol. The highest BCUT2D eigenvalue weighted by Crippen LogP contribution is 2.17. The molecule has 1 unspecified atom stereocenters. The predicted molar refractivity (Wildman–Crippen MR) is 279 cm³/mol. The molecule has 6 heteroatoms. The number of rotatable bonds is 52. The molecule has 0 N–H and O–H groups in total. The maximum absolute atomic E-state index is 12.8.